The Balaban J connectivity index is 1.87. The molecular formula is C14H21NO6. The van der Waals surface area contributed by atoms with Gasteiger partial charge in [-0.2, -0.15) is 0 Å². The molecule has 7 nitrogen and oxygen atoms in total. The summed E-state index contributed by atoms with van der Waals surface area (Å²) in [5.41, 5.74) is 0. The fraction of sp³-hybridized carbons (Fsp3) is 0.571. The molecule has 0 radical (unpaired) electrons. The van der Waals surface area contributed by atoms with Gasteiger partial charge in [-0.15, -0.1) is 0 Å². The number of nitrogens with one attached hydrogen (secondary N) is 1. The van der Waals surface area contributed by atoms with Crippen molar-refractivity contribution in [3.63, 3.8) is 0 Å². The van der Waals surface area contributed by atoms with Gasteiger partial charge in [0.25, 0.3) is 0 Å². The molecule has 4 atom stereocenters. The van der Waals surface area contributed by atoms with Crippen LogP contribution in [0.2, 0.25) is 0 Å². The van der Waals surface area contributed by atoms with Gasteiger partial charge in [-0.25, -0.2) is 0 Å². The van der Waals surface area contributed by atoms with Gasteiger partial charge in [-0.05, 0) is 38.2 Å². The van der Waals surface area contributed by atoms with Crippen LogP contribution in [0.25, 0.3) is 0 Å². The number of aliphatic hydroxyl groups is 2. The van der Waals surface area contributed by atoms with E-state index in [1.807, 2.05) is 0 Å². The van der Waals surface area contributed by atoms with E-state index >= 15 is 0 Å². The molecule has 0 spiro atoms. The lowest BCUT2D eigenvalue weighted by Crippen LogP contribution is -2.71. The third-order valence-corrected chi connectivity index (χ3v) is 3.35. The normalized spacial score (nSPS) is 29.7. The minimum Gasteiger partial charge on any atom is -0.508 e. The number of ether oxygens (including phenoxy) is 3. The van der Waals surface area contributed by atoms with E-state index in [0.717, 1.165) is 0 Å². The highest BCUT2D eigenvalue weighted by atomic mass is 16.8. The number of hydrogen-bond donors (Lipinski definition) is 4. The Morgan fingerprint density at radius 2 is 2.05 bits per heavy atom. The van der Waals surface area contributed by atoms with E-state index in [4.69, 9.17) is 14.2 Å². The second-order valence-electron chi connectivity index (χ2n) is 4.91. The molecule has 3 unspecified atom stereocenters. The Bertz CT molecular complexity index is 453. The van der Waals surface area contributed by atoms with E-state index in [0.29, 0.717) is 18.9 Å². The van der Waals surface area contributed by atoms with Crippen LogP contribution in [-0.4, -0.2) is 59.8 Å². The third-order valence-electron chi connectivity index (χ3n) is 3.35. The van der Waals surface area contributed by atoms with Crippen molar-refractivity contribution in [1.29, 1.82) is 0 Å². The van der Waals surface area contributed by atoms with Crippen LogP contribution >= 0.6 is 0 Å². The van der Waals surface area contributed by atoms with E-state index < -0.39 is 24.3 Å². The van der Waals surface area contributed by atoms with Crippen molar-refractivity contribution in [3.05, 3.63) is 24.3 Å². The molecule has 1 fully saturated rings. The highest BCUT2D eigenvalue weighted by molar-refractivity contribution is 5.30. The fourth-order valence-corrected chi connectivity index (χ4v) is 1.99. The maximum atomic E-state index is 10.2. The summed E-state index contributed by atoms with van der Waals surface area (Å²) in [5.74, 6) is -1.25. The van der Waals surface area contributed by atoms with Crippen molar-refractivity contribution in [2.24, 2.45) is 0 Å². The first-order chi connectivity index (χ1) is 9.97. The Labute approximate surface area is 123 Å². The van der Waals surface area contributed by atoms with Crippen molar-refractivity contribution in [2.45, 2.75) is 31.2 Å². The number of hydrogen-bond acceptors (Lipinski definition) is 7. The zero-order chi connectivity index (χ0) is 15.5. The lowest BCUT2D eigenvalue weighted by Gasteiger charge is -2.49. The summed E-state index contributed by atoms with van der Waals surface area (Å²) in [6, 6.07) is 6.05. The van der Waals surface area contributed by atoms with Crippen LogP contribution in [0.4, 0.5) is 0 Å². The summed E-state index contributed by atoms with van der Waals surface area (Å²) >= 11 is 0. The molecule has 1 aromatic carbocycles. The van der Waals surface area contributed by atoms with Crippen molar-refractivity contribution >= 4 is 0 Å². The predicted molar refractivity (Wildman–Crippen MR) is 73.9 cm³/mol. The molecule has 21 heavy (non-hydrogen) atoms. The molecule has 1 aliphatic heterocycles. The molecule has 0 aliphatic carbocycles. The molecule has 1 aliphatic rings. The van der Waals surface area contributed by atoms with Gasteiger partial charge in [-0.3, -0.25) is 0 Å². The first-order valence-corrected chi connectivity index (χ1v) is 6.77. The van der Waals surface area contributed by atoms with Crippen LogP contribution in [-0.2, 0) is 9.47 Å². The monoisotopic (exact) mass is 299 g/mol. The van der Waals surface area contributed by atoms with Gasteiger partial charge in [0.05, 0.1) is 6.61 Å². The molecule has 7 heteroatoms. The van der Waals surface area contributed by atoms with E-state index in [9.17, 15) is 15.3 Å². The van der Waals surface area contributed by atoms with Crippen LogP contribution in [0.3, 0.4) is 0 Å². The Morgan fingerprint density at radius 3 is 2.62 bits per heavy atom. The number of likely N-dealkylation sites (N-methyl/N-ethyl adjacent to an activating group) is 1. The number of phenolic OH excluding ortho intramolecular Hbond substituents is 1. The largest absolute Gasteiger partial charge is 0.508 e. The maximum absolute atomic E-state index is 10.2. The van der Waals surface area contributed by atoms with Crippen LogP contribution in [0.5, 0.6) is 11.5 Å². The summed E-state index contributed by atoms with van der Waals surface area (Å²) in [7, 11) is 1.78. The average molecular weight is 299 g/mol. The topological polar surface area (TPSA) is 100 Å². The highest BCUT2D eigenvalue weighted by Gasteiger charge is 2.59. The van der Waals surface area contributed by atoms with E-state index in [1.165, 1.54) is 12.1 Å². The van der Waals surface area contributed by atoms with Crippen LogP contribution in [0.1, 0.15) is 6.92 Å². The molecule has 118 valence electrons. The molecule has 0 amide bonds. The van der Waals surface area contributed by atoms with E-state index in [2.05, 4.69) is 5.32 Å². The molecule has 2 rings (SSSR count). The molecule has 1 heterocycles. The predicted octanol–water partition coefficient (Wildman–Crippen LogP) is -0.199. The molecule has 0 aromatic heterocycles. The van der Waals surface area contributed by atoms with E-state index in [-0.39, 0.29) is 5.75 Å². The lowest BCUT2D eigenvalue weighted by atomic mass is 9.98. The molecule has 0 bridgehead atoms. The van der Waals surface area contributed by atoms with Gasteiger partial charge >= 0.3 is 0 Å². The minimum atomic E-state index is -1.82. The second kappa shape index (κ2) is 6.59. The van der Waals surface area contributed by atoms with Gasteiger partial charge in [0.15, 0.2) is 18.5 Å². The lowest BCUT2D eigenvalue weighted by molar-refractivity contribution is -0.457. The van der Waals surface area contributed by atoms with Gasteiger partial charge in [0, 0.05) is 6.54 Å². The summed E-state index contributed by atoms with van der Waals surface area (Å²) in [6.07, 6.45) is -2.86. The summed E-state index contributed by atoms with van der Waals surface area (Å²) in [6.45, 7) is 2.56. The minimum absolute atomic E-state index is 0.117. The van der Waals surface area contributed by atoms with Crippen molar-refractivity contribution in [3.8, 4) is 11.5 Å². The Hall–Kier alpha value is -1.38. The third kappa shape index (κ3) is 3.45. The van der Waals surface area contributed by atoms with Gasteiger partial charge in [0.2, 0.25) is 5.79 Å². The molecule has 4 N–H and O–H groups in total. The Morgan fingerprint density at radius 1 is 1.38 bits per heavy atom. The number of phenols is 1. The second-order valence-corrected chi connectivity index (χ2v) is 4.91. The Kier molecular flexibility index (Phi) is 5.02. The van der Waals surface area contributed by atoms with Crippen LogP contribution in [0.15, 0.2) is 24.3 Å². The van der Waals surface area contributed by atoms with Crippen LogP contribution < -0.4 is 10.1 Å². The fourth-order valence-electron chi connectivity index (χ4n) is 1.99. The number of aromatic hydroxyl groups is 1. The quantitative estimate of drug-likeness (QED) is 0.517. The average Bonchev–Trinajstić information content (AvgIpc) is 2.48. The number of aliphatic hydroxyl groups excluding tert-OH is 1. The molecular weight excluding hydrogens is 278 g/mol. The van der Waals surface area contributed by atoms with Crippen molar-refractivity contribution in [2.75, 3.05) is 20.2 Å². The number of rotatable bonds is 7. The first-order valence-electron chi connectivity index (χ1n) is 6.77. The smallest absolute Gasteiger partial charge is 0.237 e. The summed E-state index contributed by atoms with van der Waals surface area (Å²) < 4.78 is 16.0. The van der Waals surface area contributed by atoms with Gasteiger partial charge in [-0.1, -0.05) is 0 Å². The highest BCUT2D eigenvalue weighted by Crippen LogP contribution is 2.36. The zero-order valence-electron chi connectivity index (χ0n) is 12.0. The molecule has 1 saturated heterocycles. The zero-order valence-corrected chi connectivity index (χ0v) is 12.0. The van der Waals surface area contributed by atoms with E-state index in [1.54, 1.807) is 26.1 Å². The van der Waals surface area contributed by atoms with Crippen molar-refractivity contribution in [1.82, 2.24) is 5.32 Å². The molecule has 1 aromatic rings. The van der Waals surface area contributed by atoms with Crippen molar-refractivity contribution < 1.29 is 29.5 Å². The first kappa shape index (κ1) is 16.0. The SMILES string of the molecule is CNCCOC1OC(O)(C(C)Oc2ccc(O)cc2)[C@@H]1O. The number of benzene rings is 1. The summed E-state index contributed by atoms with van der Waals surface area (Å²) in [5, 5.41) is 32.3. The summed E-state index contributed by atoms with van der Waals surface area (Å²) in [4.78, 5) is 0. The molecule has 0 saturated carbocycles. The maximum Gasteiger partial charge on any atom is 0.237 e. The van der Waals surface area contributed by atoms with Crippen LogP contribution in [0, 0.1) is 0 Å². The standard InChI is InChI=1S/C14H21NO6/c1-9(20-11-5-3-10(16)4-6-11)14(18)12(17)13(21-14)19-8-7-15-2/h3-6,9,12-13,15-18H,7-8H2,1-2H3/t9?,12-,13?,14?/m1/s1. The van der Waals surface area contributed by atoms with Gasteiger partial charge < -0.3 is 34.8 Å². The van der Waals surface area contributed by atoms with Gasteiger partial charge in [0.1, 0.15) is 11.5 Å².